The zero-order valence-electron chi connectivity index (χ0n) is 17.4. The normalized spacial score (nSPS) is 20.1. The molecule has 2 N–H and O–H groups in total. The third kappa shape index (κ3) is 5.07. The van der Waals surface area contributed by atoms with E-state index in [4.69, 9.17) is 4.74 Å². The number of rotatable bonds is 6. The number of aliphatic hydroxyl groups excluding tert-OH is 1. The van der Waals surface area contributed by atoms with Crippen molar-refractivity contribution in [3.05, 3.63) is 76.0 Å². The summed E-state index contributed by atoms with van der Waals surface area (Å²) in [4.78, 5) is 12.5. The third-order valence-electron chi connectivity index (χ3n) is 5.69. The molecule has 0 aliphatic heterocycles. The minimum absolute atomic E-state index is 0.00619. The van der Waals surface area contributed by atoms with E-state index in [-0.39, 0.29) is 17.6 Å². The van der Waals surface area contributed by atoms with Crippen molar-refractivity contribution in [3.63, 3.8) is 0 Å². The summed E-state index contributed by atoms with van der Waals surface area (Å²) in [6.45, 7) is 6.26. The molecule has 0 radical (unpaired) electrons. The summed E-state index contributed by atoms with van der Waals surface area (Å²) in [7, 11) is 0. The van der Waals surface area contributed by atoms with E-state index < -0.39 is 5.97 Å². The molecule has 154 valence electrons. The first-order valence-corrected chi connectivity index (χ1v) is 10.3. The van der Waals surface area contributed by atoms with Gasteiger partial charge < -0.3 is 14.9 Å². The summed E-state index contributed by atoms with van der Waals surface area (Å²) in [5, 5.41) is 20.1. The molecule has 29 heavy (non-hydrogen) atoms. The summed E-state index contributed by atoms with van der Waals surface area (Å²) in [6.07, 6.45) is 2.49. The Labute approximate surface area is 172 Å². The van der Waals surface area contributed by atoms with Crippen molar-refractivity contribution in [1.29, 1.82) is 0 Å². The Morgan fingerprint density at radius 2 is 1.59 bits per heavy atom. The molecular formula is C25H30O4. The maximum Gasteiger partial charge on any atom is 0.339 e. The molecule has 1 aliphatic rings. The van der Waals surface area contributed by atoms with E-state index in [2.05, 4.69) is 0 Å². The number of carboxylic acids is 1. The predicted molar refractivity (Wildman–Crippen MR) is 114 cm³/mol. The standard InChI is InChI=1S/C25H30O4/c1-16-13-17(2)22(18(3)14-16)23(25(27)28)24(20-9-11-21(26)12-10-20)29-15-19-7-5-4-6-8-19/h4-8,13-14,20-21,26H,9-12,15H2,1-3H3,(H,27,28)/b24-23+/t20-,21-. The second kappa shape index (κ2) is 9.27. The van der Waals surface area contributed by atoms with Gasteiger partial charge in [0.15, 0.2) is 0 Å². The number of aryl methyl sites for hydroxylation is 3. The van der Waals surface area contributed by atoms with Crippen molar-refractivity contribution in [2.75, 3.05) is 0 Å². The molecule has 4 heteroatoms. The van der Waals surface area contributed by atoms with Crippen LogP contribution in [-0.4, -0.2) is 22.3 Å². The largest absolute Gasteiger partial charge is 0.492 e. The van der Waals surface area contributed by atoms with Crippen LogP contribution in [0.15, 0.2) is 48.2 Å². The fraction of sp³-hybridized carbons (Fsp3) is 0.400. The Bertz CT molecular complexity index is 867. The molecule has 1 fully saturated rings. The maximum atomic E-state index is 12.5. The molecule has 0 heterocycles. The first-order valence-electron chi connectivity index (χ1n) is 10.3. The molecular weight excluding hydrogens is 364 g/mol. The zero-order chi connectivity index (χ0) is 21.0. The van der Waals surface area contributed by atoms with E-state index in [0.29, 0.717) is 25.2 Å². The zero-order valence-corrected chi connectivity index (χ0v) is 17.4. The van der Waals surface area contributed by atoms with Crippen molar-refractivity contribution in [2.24, 2.45) is 5.92 Å². The number of hydrogen-bond donors (Lipinski definition) is 2. The molecule has 0 aromatic heterocycles. The molecule has 0 spiro atoms. The SMILES string of the molecule is Cc1cc(C)c(/C(C(=O)O)=C(\OCc2ccccc2)[C@H]2CC[C@H](O)CC2)c(C)c1. The van der Waals surface area contributed by atoms with Crippen molar-refractivity contribution in [2.45, 2.75) is 59.2 Å². The first-order chi connectivity index (χ1) is 13.9. The fourth-order valence-corrected chi connectivity index (χ4v) is 4.38. The molecule has 0 bridgehead atoms. The van der Waals surface area contributed by atoms with Gasteiger partial charge in [0.05, 0.1) is 6.10 Å². The number of carboxylic acid groups (broad SMARTS) is 1. The van der Waals surface area contributed by atoms with Crippen molar-refractivity contribution in [3.8, 4) is 0 Å². The van der Waals surface area contributed by atoms with E-state index in [1.54, 1.807) is 0 Å². The Balaban J connectivity index is 2.08. The number of allylic oxidation sites excluding steroid dienone is 1. The van der Waals surface area contributed by atoms with Gasteiger partial charge >= 0.3 is 5.97 Å². The highest BCUT2D eigenvalue weighted by Crippen LogP contribution is 2.37. The Kier molecular flexibility index (Phi) is 6.75. The maximum absolute atomic E-state index is 12.5. The Morgan fingerprint density at radius 3 is 2.14 bits per heavy atom. The van der Waals surface area contributed by atoms with Gasteiger partial charge in [-0.15, -0.1) is 0 Å². The molecule has 3 rings (SSSR count). The lowest BCUT2D eigenvalue weighted by molar-refractivity contribution is -0.130. The van der Waals surface area contributed by atoms with Crippen LogP contribution in [0.25, 0.3) is 5.57 Å². The summed E-state index contributed by atoms with van der Waals surface area (Å²) in [5.74, 6) is -0.425. The first kappa shape index (κ1) is 21.1. The molecule has 1 saturated carbocycles. The molecule has 2 aromatic rings. The monoisotopic (exact) mass is 394 g/mol. The van der Waals surface area contributed by atoms with Gasteiger partial charge in [-0.05, 0) is 68.7 Å². The lowest BCUT2D eigenvalue weighted by Gasteiger charge is -2.29. The lowest BCUT2D eigenvalue weighted by Crippen LogP contribution is -2.23. The summed E-state index contributed by atoms with van der Waals surface area (Å²) in [6, 6.07) is 13.8. The highest BCUT2D eigenvalue weighted by molar-refractivity contribution is 6.17. The molecule has 0 amide bonds. The van der Waals surface area contributed by atoms with Crippen LogP contribution in [0, 0.1) is 26.7 Å². The smallest absolute Gasteiger partial charge is 0.339 e. The van der Waals surface area contributed by atoms with E-state index in [9.17, 15) is 15.0 Å². The highest BCUT2D eigenvalue weighted by atomic mass is 16.5. The number of hydrogen-bond acceptors (Lipinski definition) is 3. The number of aliphatic carboxylic acids is 1. The third-order valence-corrected chi connectivity index (χ3v) is 5.69. The van der Waals surface area contributed by atoms with Gasteiger partial charge in [0.25, 0.3) is 0 Å². The molecule has 0 atom stereocenters. The van der Waals surface area contributed by atoms with Crippen LogP contribution in [0.1, 0.15) is 53.5 Å². The minimum Gasteiger partial charge on any atom is -0.492 e. The average Bonchev–Trinajstić information content (AvgIpc) is 2.67. The van der Waals surface area contributed by atoms with Crippen molar-refractivity contribution >= 4 is 11.5 Å². The van der Waals surface area contributed by atoms with E-state index in [0.717, 1.165) is 40.7 Å². The number of carbonyl (C=O) groups is 1. The van der Waals surface area contributed by atoms with Gasteiger partial charge in [-0.1, -0.05) is 48.0 Å². The van der Waals surface area contributed by atoms with Gasteiger partial charge in [-0.25, -0.2) is 4.79 Å². The fourth-order valence-electron chi connectivity index (χ4n) is 4.38. The Morgan fingerprint density at radius 1 is 1.00 bits per heavy atom. The molecule has 0 unspecified atom stereocenters. The minimum atomic E-state index is -0.964. The van der Waals surface area contributed by atoms with Gasteiger partial charge in [-0.2, -0.15) is 0 Å². The molecule has 4 nitrogen and oxygen atoms in total. The molecule has 0 saturated heterocycles. The Hall–Kier alpha value is -2.59. The summed E-state index contributed by atoms with van der Waals surface area (Å²) < 4.78 is 6.24. The predicted octanol–water partition coefficient (Wildman–Crippen LogP) is 5.18. The number of aliphatic hydroxyl groups is 1. The second-order valence-electron chi connectivity index (χ2n) is 8.10. The number of ether oxygens (including phenoxy) is 1. The molecule has 2 aromatic carbocycles. The van der Waals surface area contributed by atoms with E-state index >= 15 is 0 Å². The van der Waals surface area contributed by atoms with Gasteiger partial charge in [0, 0.05) is 5.92 Å². The van der Waals surface area contributed by atoms with E-state index in [1.807, 2.05) is 63.2 Å². The van der Waals surface area contributed by atoms with Gasteiger partial charge in [0.2, 0.25) is 0 Å². The average molecular weight is 395 g/mol. The van der Waals surface area contributed by atoms with Crippen molar-refractivity contribution < 1.29 is 19.7 Å². The quantitative estimate of drug-likeness (QED) is 0.524. The molecule has 1 aliphatic carbocycles. The van der Waals surface area contributed by atoms with Crippen molar-refractivity contribution in [1.82, 2.24) is 0 Å². The second-order valence-corrected chi connectivity index (χ2v) is 8.10. The lowest BCUT2D eigenvalue weighted by atomic mass is 9.82. The van der Waals surface area contributed by atoms with Gasteiger partial charge in [0.1, 0.15) is 17.9 Å². The van der Waals surface area contributed by atoms with Crippen LogP contribution in [0.2, 0.25) is 0 Å². The highest BCUT2D eigenvalue weighted by Gasteiger charge is 2.30. The van der Waals surface area contributed by atoms with Crippen LogP contribution < -0.4 is 0 Å². The van der Waals surface area contributed by atoms with E-state index in [1.165, 1.54) is 0 Å². The van der Waals surface area contributed by atoms with Crippen LogP contribution in [0.5, 0.6) is 0 Å². The topological polar surface area (TPSA) is 66.8 Å². The van der Waals surface area contributed by atoms with Gasteiger partial charge in [-0.3, -0.25) is 0 Å². The van der Waals surface area contributed by atoms with Crippen LogP contribution in [-0.2, 0) is 16.1 Å². The van der Waals surface area contributed by atoms with Crippen LogP contribution in [0.3, 0.4) is 0 Å². The summed E-state index contributed by atoms with van der Waals surface area (Å²) >= 11 is 0. The van der Waals surface area contributed by atoms with Crippen LogP contribution in [0.4, 0.5) is 0 Å². The summed E-state index contributed by atoms with van der Waals surface area (Å²) in [5.41, 5.74) is 5.01. The number of benzene rings is 2. The van der Waals surface area contributed by atoms with Crippen LogP contribution >= 0.6 is 0 Å².